The van der Waals surface area contributed by atoms with Crippen LogP contribution in [0, 0.1) is 13.8 Å². The van der Waals surface area contributed by atoms with Crippen LogP contribution >= 0.6 is 0 Å². The van der Waals surface area contributed by atoms with E-state index in [4.69, 9.17) is 4.74 Å². The molecule has 3 nitrogen and oxygen atoms in total. The molecule has 0 unspecified atom stereocenters. The summed E-state index contributed by atoms with van der Waals surface area (Å²) < 4.78 is 5.11. The maximum Gasteiger partial charge on any atom is 0.163 e. The monoisotopic (exact) mass is 208 g/mol. The van der Waals surface area contributed by atoms with Gasteiger partial charge in [-0.15, -0.1) is 0 Å². The fourth-order valence-electron chi connectivity index (χ4n) is 1.76. The van der Waals surface area contributed by atoms with Gasteiger partial charge in [0.15, 0.2) is 11.5 Å². The van der Waals surface area contributed by atoms with E-state index in [1.807, 2.05) is 19.9 Å². The minimum atomic E-state index is 0.164. The zero-order valence-electron chi connectivity index (χ0n) is 9.33. The van der Waals surface area contributed by atoms with Crippen LogP contribution in [0.5, 0.6) is 11.5 Å². The van der Waals surface area contributed by atoms with E-state index in [0.29, 0.717) is 18.6 Å². The SMILES string of the molecule is COc1c(C)cc(C)c(CCC=O)c1O. The van der Waals surface area contributed by atoms with Crippen LogP contribution in [0.1, 0.15) is 23.1 Å². The molecule has 0 atom stereocenters. The highest BCUT2D eigenvalue weighted by molar-refractivity contribution is 5.56. The molecule has 1 rings (SSSR count). The smallest absolute Gasteiger partial charge is 0.163 e. The van der Waals surface area contributed by atoms with Gasteiger partial charge in [0.1, 0.15) is 6.29 Å². The summed E-state index contributed by atoms with van der Waals surface area (Å²) in [7, 11) is 1.53. The van der Waals surface area contributed by atoms with Crippen LogP contribution in [0.25, 0.3) is 0 Å². The number of benzene rings is 1. The van der Waals surface area contributed by atoms with Crippen LogP contribution in [0.4, 0.5) is 0 Å². The number of aromatic hydroxyl groups is 1. The number of phenols is 1. The number of rotatable bonds is 4. The maximum absolute atomic E-state index is 10.3. The zero-order valence-corrected chi connectivity index (χ0v) is 9.33. The average Bonchev–Trinajstić information content (AvgIpc) is 2.17. The highest BCUT2D eigenvalue weighted by Gasteiger charge is 2.13. The minimum absolute atomic E-state index is 0.164. The Morgan fingerprint density at radius 2 is 2.07 bits per heavy atom. The molecule has 0 aromatic heterocycles. The number of phenolic OH excluding ortho intramolecular Hbond substituents is 1. The largest absolute Gasteiger partial charge is 0.504 e. The van der Waals surface area contributed by atoms with E-state index < -0.39 is 0 Å². The minimum Gasteiger partial charge on any atom is -0.504 e. The van der Waals surface area contributed by atoms with Gasteiger partial charge < -0.3 is 14.6 Å². The highest BCUT2D eigenvalue weighted by Crippen LogP contribution is 2.36. The molecule has 0 saturated heterocycles. The number of hydrogen-bond donors (Lipinski definition) is 1. The van der Waals surface area contributed by atoms with Crippen LogP contribution in [0.15, 0.2) is 6.07 Å². The molecule has 15 heavy (non-hydrogen) atoms. The Morgan fingerprint density at radius 1 is 1.40 bits per heavy atom. The Balaban J connectivity index is 3.19. The molecule has 1 aromatic carbocycles. The third kappa shape index (κ3) is 2.29. The van der Waals surface area contributed by atoms with E-state index in [1.54, 1.807) is 0 Å². The topological polar surface area (TPSA) is 46.5 Å². The van der Waals surface area contributed by atoms with Gasteiger partial charge in [-0.1, -0.05) is 6.07 Å². The van der Waals surface area contributed by atoms with Gasteiger partial charge in [-0.2, -0.15) is 0 Å². The Labute approximate surface area is 89.7 Å². The summed E-state index contributed by atoms with van der Waals surface area (Å²) >= 11 is 0. The molecule has 1 N–H and O–H groups in total. The first-order chi connectivity index (χ1) is 7.11. The van der Waals surface area contributed by atoms with Crippen molar-refractivity contribution in [2.75, 3.05) is 7.11 Å². The van der Waals surface area contributed by atoms with Crippen molar-refractivity contribution in [2.24, 2.45) is 0 Å². The summed E-state index contributed by atoms with van der Waals surface area (Å²) in [4.78, 5) is 10.3. The van der Waals surface area contributed by atoms with E-state index in [-0.39, 0.29) is 5.75 Å². The van der Waals surface area contributed by atoms with E-state index >= 15 is 0 Å². The van der Waals surface area contributed by atoms with Crippen molar-refractivity contribution >= 4 is 6.29 Å². The van der Waals surface area contributed by atoms with Crippen LogP contribution in [0.2, 0.25) is 0 Å². The van der Waals surface area contributed by atoms with Crippen molar-refractivity contribution in [2.45, 2.75) is 26.7 Å². The van der Waals surface area contributed by atoms with Crippen molar-refractivity contribution in [1.82, 2.24) is 0 Å². The maximum atomic E-state index is 10.3. The van der Waals surface area contributed by atoms with E-state index in [2.05, 4.69) is 0 Å². The molecule has 1 aromatic rings. The number of aryl methyl sites for hydroxylation is 2. The number of methoxy groups -OCH3 is 1. The van der Waals surface area contributed by atoms with Gasteiger partial charge in [0.25, 0.3) is 0 Å². The number of ether oxygens (including phenoxy) is 1. The first kappa shape index (κ1) is 11.6. The number of carbonyl (C=O) groups is 1. The summed E-state index contributed by atoms with van der Waals surface area (Å²) in [6.07, 6.45) is 1.82. The van der Waals surface area contributed by atoms with Crippen LogP contribution in [-0.4, -0.2) is 18.5 Å². The van der Waals surface area contributed by atoms with Crippen LogP contribution in [-0.2, 0) is 11.2 Å². The van der Waals surface area contributed by atoms with Gasteiger partial charge in [-0.25, -0.2) is 0 Å². The molecule has 0 radical (unpaired) electrons. The molecule has 0 amide bonds. The van der Waals surface area contributed by atoms with Crippen molar-refractivity contribution in [3.63, 3.8) is 0 Å². The van der Waals surface area contributed by atoms with E-state index in [1.165, 1.54) is 7.11 Å². The summed E-state index contributed by atoms with van der Waals surface area (Å²) in [5.41, 5.74) is 2.69. The Hall–Kier alpha value is -1.51. The molecule has 0 saturated carbocycles. The molecule has 82 valence electrons. The molecular weight excluding hydrogens is 192 g/mol. The van der Waals surface area contributed by atoms with Gasteiger partial charge in [0.05, 0.1) is 7.11 Å². The summed E-state index contributed by atoms with van der Waals surface area (Å²) in [6, 6.07) is 1.96. The lowest BCUT2D eigenvalue weighted by molar-refractivity contribution is -0.107. The number of carbonyl (C=O) groups excluding carboxylic acids is 1. The average molecular weight is 208 g/mol. The fourth-order valence-corrected chi connectivity index (χ4v) is 1.76. The van der Waals surface area contributed by atoms with Gasteiger partial charge in [-0.3, -0.25) is 0 Å². The van der Waals surface area contributed by atoms with E-state index in [9.17, 15) is 9.90 Å². The number of hydrogen-bond acceptors (Lipinski definition) is 3. The van der Waals surface area contributed by atoms with Crippen molar-refractivity contribution in [3.05, 3.63) is 22.8 Å². The van der Waals surface area contributed by atoms with Gasteiger partial charge in [0.2, 0.25) is 0 Å². The Bertz CT molecular complexity index is 370. The molecule has 0 spiro atoms. The van der Waals surface area contributed by atoms with Crippen molar-refractivity contribution in [1.29, 1.82) is 0 Å². The standard InChI is InChI=1S/C12H16O3/c1-8-7-9(2)12(15-3)11(14)10(8)5-4-6-13/h6-7,14H,4-5H2,1-3H3. The Morgan fingerprint density at radius 3 is 2.60 bits per heavy atom. The summed E-state index contributed by atoms with van der Waals surface area (Å²) in [5, 5.41) is 9.94. The molecule has 0 aliphatic rings. The fraction of sp³-hybridized carbons (Fsp3) is 0.417. The summed E-state index contributed by atoms with van der Waals surface area (Å²) in [5.74, 6) is 0.665. The second-order valence-corrected chi connectivity index (χ2v) is 3.58. The zero-order chi connectivity index (χ0) is 11.4. The molecule has 3 heteroatoms. The van der Waals surface area contributed by atoms with Crippen LogP contribution in [0.3, 0.4) is 0 Å². The molecule has 0 bridgehead atoms. The lowest BCUT2D eigenvalue weighted by Gasteiger charge is -2.13. The predicted molar refractivity (Wildman–Crippen MR) is 58.5 cm³/mol. The lowest BCUT2D eigenvalue weighted by atomic mass is 9.99. The molecule has 0 aliphatic heterocycles. The quantitative estimate of drug-likeness (QED) is 0.771. The third-order valence-corrected chi connectivity index (χ3v) is 2.48. The van der Waals surface area contributed by atoms with Crippen molar-refractivity contribution in [3.8, 4) is 11.5 Å². The summed E-state index contributed by atoms with van der Waals surface area (Å²) in [6.45, 7) is 3.81. The highest BCUT2D eigenvalue weighted by atomic mass is 16.5. The number of aldehydes is 1. The van der Waals surface area contributed by atoms with E-state index in [0.717, 1.165) is 23.0 Å². The first-order valence-corrected chi connectivity index (χ1v) is 4.91. The first-order valence-electron chi connectivity index (χ1n) is 4.91. The van der Waals surface area contributed by atoms with Gasteiger partial charge in [0, 0.05) is 12.0 Å². The van der Waals surface area contributed by atoms with Gasteiger partial charge >= 0.3 is 0 Å². The molecular formula is C12H16O3. The molecule has 0 fully saturated rings. The lowest BCUT2D eigenvalue weighted by Crippen LogP contribution is -1.97. The molecule has 0 aliphatic carbocycles. The van der Waals surface area contributed by atoms with Crippen molar-refractivity contribution < 1.29 is 14.6 Å². The normalized spacial score (nSPS) is 10.1. The van der Waals surface area contributed by atoms with Gasteiger partial charge in [-0.05, 0) is 31.4 Å². The van der Waals surface area contributed by atoms with Crippen LogP contribution < -0.4 is 4.74 Å². The second-order valence-electron chi connectivity index (χ2n) is 3.58. The Kier molecular flexibility index (Phi) is 3.72. The molecule has 0 heterocycles. The predicted octanol–water partition coefficient (Wildman–Crippen LogP) is 2.15. The second kappa shape index (κ2) is 4.82. The third-order valence-electron chi connectivity index (χ3n) is 2.48.